The quantitative estimate of drug-likeness (QED) is 0.487. The number of hydrogen-bond donors (Lipinski definition) is 2. The highest BCUT2D eigenvalue weighted by Gasteiger charge is 1.98. The Morgan fingerprint density at radius 2 is 1.45 bits per heavy atom. The lowest BCUT2D eigenvalue weighted by atomic mass is 10.3. The van der Waals surface area contributed by atoms with E-state index in [0.717, 1.165) is 27.8 Å². The van der Waals surface area contributed by atoms with Crippen LogP contribution in [0.5, 0.6) is 0 Å². The first-order valence-electron chi connectivity index (χ1n) is 5.94. The van der Waals surface area contributed by atoms with Crippen molar-refractivity contribution in [3.63, 3.8) is 0 Å². The van der Waals surface area contributed by atoms with Gasteiger partial charge in [0.2, 0.25) is 0 Å². The second kappa shape index (κ2) is 5.26. The third-order valence-electron chi connectivity index (χ3n) is 2.86. The Morgan fingerprint density at radius 3 is 2.10 bits per heavy atom. The summed E-state index contributed by atoms with van der Waals surface area (Å²) < 4.78 is 0. The number of hydrogen-bond acceptors (Lipinski definition) is 4. The Balaban J connectivity index is 0.000000121. The van der Waals surface area contributed by atoms with E-state index in [0.29, 0.717) is 5.15 Å². The lowest BCUT2D eigenvalue weighted by Crippen LogP contribution is -1.83. The van der Waals surface area contributed by atoms with Crippen LogP contribution in [0.15, 0.2) is 37.2 Å². The topological polar surface area (TPSA) is 83.1 Å². The number of nitrogens with one attached hydrogen (secondary N) is 2. The van der Waals surface area contributed by atoms with Crippen LogP contribution in [0.1, 0.15) is 5.69 Å². The number of fused-ring (bicyclic) bond motifs is 2. The van der Waals surface area contributed by atoms with E-state index >= 15 is 0 Å². The first-order chi connectivity index (χ1) is 9.75. The minimum atomic E-state index is 0.492. The minimum absolute atomic E-state index is 0.492. The highest BCUT2D eigenvalue weighted by molar-refractivity contribution is 6.33. The van der Waals surface area contributed by atoms with Gasteiger partial charge in [-0.15, -0.1) is 0 Å². The summed E-state index contributed by atoms with van der Waals surface area (Å²) in [5.41, 5.74) is 2.71. The van der Waals surface area contributed by atoms with E-state index in [9.17, 15) is 0 Å². The predicted octanol–water partition coefficient (Wildman–Crippen LogP) is 2.88. The van der Waals surface area contributed by atoms with E-state index in [4.69, 9.17) is 11.6 Å². The zero-order chi connectivity index (χ0) is 13.9. The predicted molar refractivity (Wildman–Crippen MR) is 77.5 cm³/mol. The molecule has 2 N–H and O–H groups in total. The molecule has 4 rings (SSSR count). The van der Waals surface area contributed by atoms with Crippen LogP contribution in [-0.4, -0.2) is 29.9 Å². The van der Waals surface area contributed by atoms with Gasteiger partial charge in [0.15, 0.2) is 0 Å². The van der Waals surface area contributed by atoms with Crippen molar-refractivity contribution in [1.29, 1.82) is 0 Å². The van der Waals surface area contributed by atoms with Gasteiger partial charge in [-0.2, -0.15) is 0 Å². The number of halogens is 1. The zero-order valence-electron chi connectivity index (χ0n) is 10.6. The van der Waals surface area contributed by atoms with Crippen molar-refractivity contribution in [2.24, 2.45) is 0 Å². The number of rotatable bonds is 0. The molecule has 0 aliphatic rings. The summed E-state index contributed by atoms with van der Waals surface area (Å²) in [6, 6.07) is 3.82. The van der Waals surface area contributed by atoms with Gasteiger partial charge in [-0.3, -0.25) is 0 Å². The molecule has 4 heterocycles. The molecule has 0 aromatic carbocycles. The van der Waals surface area contributed by atoms with Gasteiger partial charge in [0.25, 0.3) is 0 Å². The van der Waals surface area contributed by atoms with E-state index in [1.54, 1.807) is 12.5 Å². The molecule has 100 valence electrons. The largest absolute Gasteiger partial charge is 0.346 e. The van der Waals surface area contributed by atoms with Crippen LogP contribution in [0.25, 0.3) is 22.1 Å². The molecule has 20 heavy (non-hydrogen) atoms. The van der Waals surface area contributed by atoms with Crippen molar-refractivity contribution in [3.05, 3.63) is 48.0 Å². The van der Waals surface area contributed by atoms with E-state index < -0.39 is 0 Å². The molecule has 7 heteroatoms. The molecule has 0 aliphatic carbocycles. The fourth-order valence-electron chi connectivity index (χ4n) is 1.84. The molecule has 0 aliphatic heterocycles. The number of nitrogens with zero attached hydrogens (tertiary/aromatic N) is 4. The van der Waals surface area contributed by atoms with Crippen molar-refractivity contribution >= 4 is 33.7 Å². The molecule has 0 saturated carbocycles. The lowest BCUT2D eigenvalue weighted by Gasteiger charge is -1.90. The first kappa shape index (κ1) is 12.6. The average molecular weight is 287 g/mol. The summed E-state index contributed by atoms with van der Waals surface area (Å²) in [6.45, 7) is 1.97. The third kappa shape index (κ3) is 2.33. The maximum atomic E-state index is 5.73. The van der Waals surface area contributed by atoms with Crippen molar-refractivity contribution < 1.29 is 0 Å². The van der Waals surface area contributed by atoms with Crippen molar-refractivity contribution in [3.8, 4) is 0 Å². The van der Waals surface area contributed by atoms with Crippen molar-refractivity contribution in [2.75, 3.05) is 0 Å². The second-order valence-electron chi connectivity index (χ2n) is 4.10. The summed E-state index contributed by atoms with van der Waals surface area (Å²) in [4.78, 5) is 21.8. The summed E-state index contributed by atoms with van der Waals surface area (Å²) in [5, 5.41) is 2.46. The maximum absolute atomic E-state index is 5.73. The summed E-state index contributed by atoms with van der Waals surface area (Å²) in [6.07, 6.45) is 6.65. The summed E-state index contributed by atoms with van der Waals surface area (Å²) in [7, 11) is 0. The third-order valence-corrected chi connectivity index (χ3v) is 3.16. The van der Waals surface area contributed by atoms with E-state index in [2.05, 4.69) is 29.9 Å². The maximum Gasteiger partial charge on any atom is 0.142 e. The number of aromatic nitrogens is 6. The van der Waals surface area contributed by atoms with Gasteiger partial charge in [0, 0.05) is 17.8 Å². The van der Waals surface area contributed by atoms with Crippen molar-refractivity contribution in [2.45, 2.75) is 6.92 Å². The summed E-state index contributed by atoms with van der Waals surface area (Å²) in [5.74, 6) is 0. The average Bonchev–Trinajstić information content (AvgIpc) is 3.08. The normalized spacial score (nSPS) is 10.5. The Morgan fingerprint density at radius 1 is 0.850 bits per heavy atom. The van der Waals surface area contributed by atoms with Crippen LogP contribution < -0.4 is 0 Å². The van der Waals surface area contributed by atoms with Crippen LogP contribution in [0, 0.1) is 6.92 Å². The van der Waals surface area contributed by atoms with Crippen molar-refractivity contribution in [1.82, 2.24) is 29.9 Å². The van der Waals surface area contributed by atoms with Crippen LogP contribution >= 0.6 is 11.6 Å². The molecule has 6 nitrogen and oxygen atoms in total. The minimum Gasteiger partial charge on any atom is -0.346 e. The standard InChI is InChI=1S/C7H7N3.C6H4ClN3/c1-5-6-2-3-8-7(6)10-4-9-5;7-5-4-1-2-8-6(4)10-3-9-5/h2-4H,1H3,(H,8,9,10);1-3H,(H,8,9,10). The summed E-state index contributed by atoms with van der Waals surface area (Å²) >= 11 is 5.73. The number of H-pyrrole nitrogens is 2. The van der Waals surface area contributed by atoms with E-state index in [-0.39, 0.29) is 0 Å². The highest BCUT2D eigenvalue weighted by atomic mass is 35.5. The molecule has 0 spiro atoms. The second-order valence-corrected chi connectivity index (χ2v) is 4.46. The molecule has 0 radical (unpaired) electrons. The van der Waals surface area contributed by atoms with Crippen LogP contribution in [-0.2, 0) is 0 Å². The van der Waals surface area contributed by atoms with Gasteiger partial charge in [-0.1, -0.05) is 11.6 Å². The van der Waals surface area contributed by atoms with E-state index in [1.165, 1.54) is 6.33 Å². The fourth-order valence-corrected chi connectivity index (χ4v) is 2.04. The molecule has 0 unspecified atom stereocenters. The molecule has 0 saturated heterocycles. The van der Waals surface area contributed by atoms with Gasteiger partial charge in [-0.25, -0.2) is 19.9 Å². The number of aryl methyl sites for hydroxylation is 1. The van der Waals surface area contributed by atoms with Crippen LogP contribution in [0.2, 0.25) is 5.15 Å². The van der Waals surface area contributed by atoms with Crippen LogP contribution in [0.4, 0.5) is 0 Å². The number of aromatic amines is 2. The highest BCUT2D eigenvalue weighted by Crippen LogP contribution is 2.16. The SMILES string of the molecule is Cc1ncnc2[nH]ccc12.Clc1ncnc2[nH]ccc12. The molecule has 0 atom stereocenters. The monoisotopic (exact) mass is 286 g/mol. The van der Waals surface area contributed by atoms with Gasteiger partial charge in [0.1, 0.15) is 29.1 Å². The molecule has 4 aromatic heterocycles. The Hall–Kier alpha value is -2.47. The molecular weight excluding hydrogens is 276 g/mol. The van der Waals surface area contributed by atoms with Gasteiger partial charge >= 0.3 is 0 Å². The molecule has 0 bridgehead atoms. The lowest BCUT2D eigenvalue weighted by molar-refractivity contribution is 1.14. The molecule has 0 fully saturated rings. The smallest absolute Gasteiger partial charge is 0.142 e. The molecule has 4 aromatic rings. The van der Waals surface area contributed by atoms with Crippen LogP contribution in [0.3, 0.4) is 0 Å². The van der Waals surface area contributed by atoms with E-state index in [1.807, 2.05) is 25.3 Å². The Labute approximate surface area is 119 Å². The Kier molecular flexibility index (Phi) is 3.30. The van der Waals surface area contributed by atoms with Gasteiger partial charge in [-0.05, 0) is 19.1 Å². The fraction of sp³-hybridized carbons (Fsp3) is 0.0769. The first-order valence-corrected chi connectivity index (χ1v) is 6.32. The molecule has 0 amide bonds. The Bertz CT molecular complexity index is 778. The van der Waals surface area contributed by atoms with Gasteiger partial charge < -0.3 is 9.97 Å². The zero-order valence-corrected chi connectivity index (χ0v) is 11.4. The molecular formula is C13H11ClN6. The van der Waals surface area contributed by atoms with Gasteiger partial charge in [0.05, 0.1) is 11.1 Å².